The van der Waals surface area contributed by atoms with Crippen molar-refractivity contribution in [2.45, 2.75) is 5.79 Å². The van der Waals surface area contributed by atoms with Crippen LogP contribution < -0.4 is 14.9 Å². The van der Waals surface area contributed by atoms with Gasteiger partial charge >= 0.3 is 5.79 Å². The Kier molecular flexibility index (Phi) is 4.35. The first kappa shape index (κ1) is 19.9. The number of rotatable bonds is 3. The Morgan fingerprint density at radius 2 is 1.32 bits per heavy atom. The number of aromatic hydroxyl groups is 2. The number of hydrogen-bond acceptors (Lipinski definition) is 6. The molecule has 2 N–H and O–H groups in total. The van der Waals surface area contributed by atoms with Crippen molar-refractivity contribution in [2.75, 3.05) is 0 Å². The van der Waals surface area contributed by atoms with E-state index in [0.717, 1.165) is 17.2 Å². The standard InChI is InChI=1S/C28H18O6/c29-20-14-21(30)27-22(31)16-24(32-26(27)15-20)17-11-12-23-25(13-17)34-28(33-23,18-7-3-1-4-8-18)19-9-5-2-6-10-19/h1-16,29-30H. The molecule has 6 nitrogen and oxygen atoms in total. The maximum atomic E-state index is 12.7. The summed E-state index contributed by atoms with van der Waals surface area (Å²) in [5.41, 5.74) is 1.92. The van der Waals surface area contributed by atoms with Crippen LogP contribution in [-0.4, -0.2) is 10.2 Å². The van der Waals surface area contributed by atoms with Crippen molar-refractivity contribution < 1.29 is 24.1 Å². The summed E-state index contributed by atoms with van der Waals surface area (Å²) in [6.45, 7) is 0. The molecule has 0 saturated heterocycles. The summed E-state index contributed by atoms with van der Waals surface area (Å²) in [7, 11) is 0. The van der Waals surface area contributed by atoms with Crippen LogP contribution in [0.25, 0.3) is 22.3 Å². The van der Waals surface area contributed by atoms with Crippen molar-refractivity contribution in [3.05, 3.63) is 118 Å². The topological polar surface area (TPSA) is 89.1 Å². The lowest BCUT2D eigenvalue weighted by Gasteiger charge is -2.28. The molecule has 6 heteroatoms. The summed E-state index contributed by atoms with van der Waals surface area (Å²) in [6.07, 6.45) is 0. The van der Waals surface area contributed by atoms with Gasteiger partial charge in [-0.1, -0.05) is 60.7 Å². The van der Waals surface area contributed by atoms with E-state index in [1.807, 2.05) is 60.7 Å². The summed E-state index contributed by atoms with van der Waals surface area (Å²) >= 11 is 0. The number of hydrogen-bond donors (Lipinski definition) is 2. The molecule has 0 amide bonds. The highest BCUT2D eigenvalue weighted by Crippen LogP contribution is 2.48. The maximum absolute atomic E-state index is 12.7. The molecule has 2 heterocycles. The predicted octanol–water partition coefficient (Wildman–Crippen LogP) is 5.54. The van der Waals surface area contributed by atoms with E-state index in [4.69, 9.17) is 13.9 Å². The van der Waals surface area contributed by atoms with Crippen LogP contribution >= 0.6 is 0 Å². The van der Waals surface area contributed by atoms with Gasteiger partial charge in [-0.05, 0) is 18.2 Å². The first-order chi connectivity index (χ1) is 16.5. The molecular weight excluding hydrogens is 432 g/mol. The molecule has 0 radical (unpaired) electrons. The minimum atomic E-state index is -1.16. The molecule has 0 aliphatic carbocycles. The van der Waals surface area contributed by atoms with Crippen LogP contribution in [0.15, 0.2) is 106 Å². The molecule has 1 aliphatic heterocycles. The van der Waals surface area contributed by atoms with Gasteiger partial charge in [-0.15, -0.1) is 0 Å². The highest BCUT2D eigenvalue weighted by Gasteiger charge is 2.45. The average molecular weight is 450 g/mol. The highest BCUT2D eigenvalue weighted by molar-refractivity contribution is 5.86. The second-order valence-electron chi connectivity index (χ2n) is 8.03. The average Bonchev–Trinajstić information content (AvgIpc) is 3.24. The monoisotopic (exact) mass is 450 g/mol. The summed E-state index contributed by atoms with van der Waals surface area (Å²) in [5.74, 6) is -0.388. The van der Waals surface area contributed by atoms with Crippen molar-refractivity contribution >= 4 is 11.0 Å². The third-order valence-corrected chi connectivity index (χ3v) is 5.84. The molecule has 6 rings (SSSR count). The molecule has 0 atom stereocenters. The Labute approximate surface area is 193 Å². The van der Waals surface area contributed by atoms with Gasteiger partial charge in [0, 0.05) is 34.9 Å². The van der Waals surface area contributed by atoms with Crippen LogP contribution in [0.2, 0.25) is 0 Å². The predicted molar refractivity (Wildman–Crippen MR) is 126 cm³/mol. The van der Waals surface area contributed by atoms with E-state index in [-0.39, 0.29) is 28.2 Å². The summed E-state index contributed by atoms with van der Waals surface area (Å²) in [5, 5.41) is 19.9. The fourth-order valence-corrected chi connectivity index (χ4v) is 4.27. The summed E-state index contributed by atoms with van der Waals surface area (Å²) in [6, 6.07) is 28.3. The van der Waals surface area contributed by atoms with Gasteiger partial charge < -0.3 is 24.1 Å². The molecule has 4 aromatic carbocycles. The minimum absolute atomic E-state index is 0.00876. The number of ether oxygens (including phenoxy) is 2. The van der Waals surface area contributed by atoms with Gasteiger partial charge in [-0.2, -0.15) is 0 Å². The minimum Gasteiger partial charge on any atom is -0.508 e. The molecule has 0 fully saturated rings. The van der Waals surface area contributed by atoms with Crippen LogP contribution in [0.5, 0.6) is 23.0 Å². The van der Waals surface area contributed by atoms with E-state index < -0.39 is 11.2 Å². The van der Waals surface area contributed by atoms with Crippen molar-refractivity contribution in [1.82, 2.24) is 0 Å². The highest BCUT2D eigenvalue weighted by atomic mass is 16.7. The Balaban J connectivity index is 1.47. The molecule has 1 aromatic heterocycles. The van der Waals surface area contributed by atoms with Crippen LogP contribution in [0.4, 0.5) is 0 Å². The summed E-state index contributed by atoms with van der Waals surface area (Å²) < 4.78 is 18.7. The van der Waals surface area contributed by atoms with E-state index in [9.17, 15) is 15.0 Å². The van der Waals surface area contributed by atoms with Crippen molar-refractivity contribution in [3.63, 3.8) is 0 Å². The molecule has 1 aliphatic rings. The second kappa shape index (κ2) is 7.42. The normalized spacial score (nSPS) is 13.8. The zero-order chi connectivity index (χ0) is 23.3. The molecule has 5 aromatic rings. The van der Waals surface area contributed by atoms with Gasteiger partial charge in [-0.3, -0.25) is 4.79 Å². The fourth-order valence-electron chi connectivity index (χ4n) is 4.27. The molecule has 0 spiro atoms. The van der Waals surface area contributed by atoms with Crippen LogP contribution in [-0.2, 0) is 5.79 Å². The van der Waals surface area contributed by atoms with Crippen LogP contribution in [0, 0.1) is 0 Å². The lowest BCUT2D eigenvalue weighted by atomic mass is 9.97. The largest absolute Gasteiger partial charge is 0.508 e. The fraction of sp³-hybridized carbons (Fsp3) is 0.0357. The quantitative estimate of drug-likeness (QED) is 0.375. The molecular formula is C28H18O6. The lowest BCUT2D eigenvalue weighted by Crippen LogP contribution is -2.36. The third-order valence-electron chi connectivity index (χ3n) is 5.84. The first-order valence-electron chi connectivity index (χ1n) is 10.7. The second-order valence-corrected chi connectivity index (χ2v) is 8.03. The van der Waals surface area contributed by atoms with Gasteiger partial charge in [0.1, 0.15) is 28.2 Å². The zero-order valence-corrected chi connectivity index (χ0v) is 17.8. The van der Waals surface area contributed by atoms with Gasteiger partial charge in [0.25, 0.3) is 0 Å². The smallest absolute Gasteiger partial charge is 0.305 e. The number of benzene rings is 4. The SMILES string of the molecule is O=c1cc(-c2ccc3c(c2)OC(c2ccccc2)(c2ccccc2)O3)oc2cc(O)cc(O)c12. The molecule has 0 unspecified atom stereocenters. The molecule has 0 bridgehead atoms. The number of fused-ring (bicyclic) bond motifs is 2. The molecule has 166 valence electrons. The Morgan fingerprint density at radius 3 is 2.00 bits per heavy atom. The van der Waals surface area contributed by atoms with Crippen molar-refractivity contribution in [3.8, 4) is 34.3 Å². The maximum Gasteiger partial charge on any atom is 0.305 e. The van der Waals surface area contributed by atoms with E-state index in [0.29, 0.717) is 17.1 Å². The van der Waals surface area contributed by atoms with E-state index >= 15 is 0 Å². The van der Waals surface area contributed by atoms with E-state index in [1.54, 1.807) is 18.2 Å². The lowest BCUT2D eigenvalue weighted by molar-refractivity contribution is -0.0459. The van der Waals surface area contributed by atoms with Gasteiger partial charge in [0.2, 0.25) is 0 Å². The Morgan fingerprint density at radius 1 is 0.676 bits per heavy atom. The van der Waals surface area contributed by atoms with Crippen molar-refractivity contribution in [2.24, 2.45) is 0 Å². The Hall–Kier alpha value is -4.71. The number of phenols is 2. The molecule has 34 heavy (non-hydrogen) atoms. The van der Waals surface area contributed by atoms with Gasteiger partial charge in [0.05, 0.1) is 0 Å². The van der Waals surface area contributed by atoms with Crippen LogP contribution in [0.3, 0.4) is 0 Å². The zero-order valence-electron chi connectivity index (χ0n) is 17.8. The van der Waals surface area contributed by atoms with Crippen LogP contribution in [0.1, 0.15) is 11.1 Å². The van der Waals surface area contributed by atoms with Gasteiger partial charge in [0.15, 0.2) is 16.9 Å². The van der Waals surface area contributed by atoms with E-state index in [1.165, 1.54) is 12.1 Å². The third kappa shape index (κ3) is 3.08. The Bertz CT molecular complexity index is 1550. The molecule has 0 saturated carbocycles. The van der Waals surface area contributed by atoms with Crippen molar-refractivity contribution in [1.29, 1.82) is 0 Å². The van der Waals surface area contributed by atoms with Gasteiger partial charge in [-0.25, -0.2) is 0 Å². The number of phenolic OH excluding ortho intramolecular Hbond substituents is 2. The summed E-state index contributed by atoms with van der Waals surface area (Å²) in [4.78, 5) is 12.7. The van der Waals surface area contributed by atoms with E-state index in [2.05, 4.69) is 0 Å². The first-order valence-corrected chi connectivity index (χ1v) is 10.7.